The van der Waals surface area contributed by atoms with Crippen LogP contribution in [0.5, 0.6) is 17.2 Å². The molecule has 3 rings (SSSR count). The van der Waals surface area contributed by atoms with Crippen LogP contribution < -0.4 is 4.74 Å². The van der Waals surface area contributed by atoms with Gasteiger partial charge in [0.1, 0.15) is 23.9 Å². The van der Waals surface area contributed by atoms with Crippen LogP contribution in [0.2, 0.25) is 0 Å². The van der Waals surface area contributed by atoms with Crippen molar-refractivity contribution in [3.05, 3.63) is 54.2 Å². The maximum absolute atomic E-state index is 9.40. The van der Waals surface area contributed by atoms with Crippen molar-refractivity contribution >= 4 is 10.9 Å². The molecule has 0 bridgehead atoms. The first-order chi connectivity index (χ1) is 9.20. The minimum atomic E-state index is 0.180. The third kappa shape index (κ3) is 2.47. The third-order valence-corrected chi connectivity index (χ3v) is 2.87. The number of phenolic OH excluding ortho intramolecular Hbond substituents is 2. The Balaban J connectivity index is 1.78. The number of H-pyrrole nitrogens is 1. The summed E-state index contributed by atoms with van der Waals surface area (Å²) in [5.41, 5.74) is 1.78. The number of aromatic hydroxyl groups is 2. The molecular formula is C15H13NO3. The minimum Gasteiger partial charge on any atom is -0.508 e. The fraction of sp³-hybridized carbons (Fsp3) is 0.0667. The number of phenols is 2. The zero-order chi connectivity index (χ0) is 13.2. The van der Waals surface area contributed by atoms with Gasteiger partial charge >= 0.3 is 0 Å². The molecule has 4 nitrogen and oxygen atoms in total. The fourth-order valence-corrected chi connectivity index (χ4v) is 1.99. The molecule has 0 amide bonds. The summed E-state index contributed by atoms with van der Waals surface area (Å²) in [6.45, 7) is 0.374. The van der Waals surface area contributed by atoms with Crippen molar-refractivity contribution in [2.24, 2.45) is 0 Å². The Kier molecular flexibility index (Phi) is 2.76. The lowest BCUT2D eigenvalue weighted by molar-refractivity contribution is 0.300. The van der Waals surface area contributed by atoms with Crippen LogP contribution in [0.4, 0.5) is 0 Å². The van der Waals surface area contributed by atoms with E-state index in [-0.39, 0.29) is 11.5 Å². The van der Waals surface area contributed by atoms with E-state index in [1.54, 1.807) is 36.4 Å². The molecule has 3 N–H and O–H groups in total. The van der Waals surface area contributed by atoms with Gasteiger partial charge in [0.25, 0.3) is 0 Å². The molecule has 3 aromatic rings. The van der Waals surface area contributed by atoms with E-state index in [1.807, 2.05) is 12.1 Å². The zero-order valence-electron chi connectivity index (χ0n) is 10.1. The maximum Gasteiger partial charge on any atom is 0.128 e. The lowest BCUT2D eigenvalue weighted by atomic mass is 10.2. The first-order valence-corrected chi connectivity index (χ1v) is 5.93. The number of hydrogen-bond donors (Lipinski definition) is 3. The summed E-state index contributed by atoms with van der Waals surface area (Å²) in [5, 5.41) is 19.8. The van der Waals surface area contributed by atoms with Gasteiger partial charge in [-0.15, -0.1) is 0 Å². The van der Waals surface area contributed by atoms with Gasteiger partial charge in [-0.1, -0.05) is 6.07 Å². The smallest absolute Gasteiger partial charge is 0.128 e. The molecule has 0 aliphatic rings. The van der Waals surface area contributed by atoms with Crippen molar-refractivity contribution in [2.75, 3.05) is 0 Å². The number of hydrogen-bond acceptors (Lipinski definition) is 3. The Morgan fingerprint density at radius 2 is 1.79 bits per heavy atom. The minimum absolute atomic E-state index is 0.180. The van der Waals surface area contributed by atoms with Crippen LogP contribution in [0.25, 0.3) is 10.9 Å². The monoisotopic (exact) mass is 255 g/mol. The molecule has 0 radical (unpaired) electrons. The van der Waals surface area contributed by atoms with Gasteiger partial charge in [0, 0.05) is 23.0 Å². The SMILES string of the molecule is Oc1cccc(OCc2cc3ccc(O)cc3[nH]2)c1. The van der Waals surface area contributed by atoms with Gasteiger partial charge in [0.2, 0.25) is 0 Å². The third-order valence-electron chi connectivity index (χ3n) is 2.87. The van der Waals surface area contributed by atoms with E-state index in [9.17, 15) is 10.2 Å². The first kappa shape index (κ1) is 11.5. The molecule has 0 saturated heterocycles. The van der Waals surface area contributed by atoms with Gasteiger partial charge in [-0.2, -0.15) is 0 Å². The van der Waals surface area contributed by atoms with E-state index in [0.29, 0.717) is 12.4 Å². The molecule has 96 valence electrons. The van der Waals surface area contributed by atoms with Crippen molar-refractivity contribution < 1.29 is 14.9 Å². The van der Waals surface area contributed by atoms with Crippen LogP contribution in [-0.2, 0) is 6.61 Å². The average Bonchev–Trinajstić information content (AvgIpc) is 2.78. The predicted octanol–water partition coefficient (Wildman–Crippen LogP) is 3.16. The van der Waals surface area contributed by atoms with Crippen molar-refractivity contribution in [3.63, 3.8) is 0 Å². The molecule has 0 unspecified atom stereocenters. The van der Waals surface area contributed by atoms with Crippen LogP contribution in [0.15, 0.2) is 48.5 Å². The summed E-state index contributed by atoms with van der Waals surface area (Å²) in [5.74, 6) is 1.02. The fourth-order valence-electron chi connectivity index (χ4n) is 1.99. The number of ether oxygens (including phenoxy) is 1. The molecule has 0 fully saturated rings. The second-order valence-corrected chi connectivity index (χ2v) is 4.35. The van der Waals surface area contributed by atoms with Crippen LogP contribution in [-0.4, -0.2) is 15.2 Å². The Bertz CT molecular complexity index is 718. The molecule has 4 heteroatoms. The Labute approximate surface area is 109 Å². The first-order valence-electron chi connectivity index (χ1n) is 5.93. The molecule has 1 aromatic heterocycles. The highest BCUT2D eigenvalue weighted by molar-refractivity contribution is 5.81. The van der Waals surface area contributed by atoms with Gasteiger partial charge in [-0.25, -0.2) is 0 Å². The largest absolute Gasteiger partial charge is 0.508 e. The highest BCUT2D eigenvalue weighted by Crippen LogP contribution is 2.22. The molecule has 0 atom stereocenters. The normalized spacial score (nSPS) is 10.7. The lowest BCUT2D eigenvalue weighted by Gasteiger charge is -2.04. The summed E-state index contributed by atoms with van der Waals surface area (Å²) in [6, 6.07) is 13.8. The Morgan fingerprint density at radius 3 is 2.63 bits per heavy atom. The van der Waals surface area contributed by atoms with E-state index < -0.39 is 0 Å². The number of aromatic amines is 1. The summed E-state index contributed by atoms with van der Waals surface area (Å²) < 4.78 is 5.58. The molecule has 19 heavy (non-hydrogen) atoms. The summed E-state index contributed by atoms with van der Waals surface area (Å²) in [7, 11) is 0. The lowest BCUT2D eigenvalue weighted by Crippen LogP contribution is -1.94. The quantitative estimate of drug-likeness (QED) is 0.673. The molecule has 0 spiro atoms. The second kappa shape index (κ2) is 4.57. The highest BCUT2D eigenvalue weighted by atomic mass is 16.5. The van der Waals surface area contributed by atoms with Crippen molar-refractivity contribution in [3.8, 4) is 17.2 Å². The molecule has 2 aromatic carbocycles. The summed E-state index contributed by atoms with van der Waals surface area (Å²) in [4.78, 5) is 3.17. The molecule has 0 aliphatic heterocycles. The molecule has 0 aliphatic carbocycles. The van der Waals surface area contributed by atoms with Crippen LogP contribution in [0.1, 0.15) is 5.69 Å². The molecular weight excluding hydrogens is 242 g/mol. The summed E-state index contributed by atoms with van der Waals surface area (Å²) >= 11 is 0. The van der Waals surface area contributed by atoms with Gasteiger partial charge in [-0.05, 0) is 30.3 Å². The van der Waals surface area contributed by atoms with E-state index in [1.165, 1.54) is 0 Å². The predicted molar refractivity (Wildman–Crippen MR) is 72.4 cm³/mol. The highest BCUT2D eigenvalue weighted by Gasteiger charge is 2.03. The number of nitrogens with one attached hydrogen (secondary N) is 1. The van der Waals surface area contributed by atoms with Crippen molar-refractivity contribution in [1.29, 1.82) is 0 Å². The van der Waals surface area contributed by atoms with E-state index in [4.69, 9.17) is 4.74 Å². The topological polar surface area (TPSA) is 65.5 Å². The Hall–Kier alpha value is -2.62. The van der Waals surface area contributed by atoms with Gasteiger partial charge in [-0.3, -0.25) is 0 Å². The van der Waals surface area contributed by atoms with E-state index >= 15 is 0 Å². The van der Waals surface area contributed by atoms with Crippen LogP contribution in [0, 0.1) is 0 Å². The van der Waals surface area contributed by atoms with E-state index in [0.717, 1.165) is 16.6 Å². The van der Waals surface area contributed by atoms with Gasteiger partial charge in [0.15, 0.2) is 0 Å². The van der Waals surface area contributed by atoms with Gasteiger partial charge in [0.05, 0.1) is 5.69 Å². The average molecular weight is 255 g/mol. The summed E-state index contributed by atoms with van der Waals surface area (Å²) in [6.07, 6.45) is 0. The van der Waals surface area contributed by atoms with E-state index in [2.05, 4.69) is 4.98 Å². The molecule has 0 saturated carbocycles. The van der Waals surface area contributed by atoms with Crippen LogP contribution >= 0.6 is 0 Å². The second-order valence-electron chi connectivity index (χ2n) is 4.35. The van der Waals surface area contributed by atoms with Crippen molar-refractivity contribution in [1.82, 2.24) is 4.98 Å². The Morgan fingerprint density at radius 1 is 0.947 bits per heavy atom. The number of fused-ring (bicyclic) bond motifs is 1. The number of aromatic nitrogens is 1. The number of benzene rings is 2. The number of rotatable bonds is 3. The maximum atomic E-state index is 9.40. The standard InChI is InChI=1S/C15H13NO3/c17-12-2-1-3-14(7-12)19-9-11-6-10-4-5-13(18)8-15(10)16-11/h1-8,16-18H,9H2. The molecule has 1 heterocycles. The zero-order valence-corrected chi connectivity index (χ0v) is 10.1. The van der Waals surface area contributed by atoms with Gasteiger partial charge < -0.3 is 19.9 Å². The van der Waals surface area contributed by atoms with Crippen molar-refractivity contribution in [2.45, 2.75) is 6.61 Å². The van der Waals surface area contributed by atoms with Crippen LogP contribution in [0.3, 0.4) is 0 Å².